The molecule has 0 bridgehead atoms. The number of benzene rings is 2. The lowest BCUT2D eigenvalue weighted by molar-refractivity contribution is 0.0779. The highest BCUT2D eigenvalue weighted by Crippen LogP contribution is 2.11. The van der Waals surface area contributed by atoms with Gasteiger partial charge in [0.1, 0.15) is 5.69 Å². The molecule has 1 aromatic heterocycles. The zero-order valence-electron chi connectivity index (χ0n) is 16.4. The summed E-state index contributed by atoms with van der Waals surface area (Å²) < 4.78 is 0. The summed E-state index contributed by atoms with van der Waals surface area (Å²) in [5.74, 6) is 0.395. The van der Waals surface area contributed by atoms with Crippen LogP contribution in [0.5, 0.6) is 0 Å². The fraction of sp³-hybridized carbons (Fsp3) is 0.261. The number of nitrogens with zero attached hydrogens (tertiary/aromatic N) is 3. The average Bonchev–Trinajstić information content (AvgIpc) is 2.72. The van der Waals surface area contributed by atoms with E-state index in [1.54, 1.807) is 18.0 Å². The minimum Gasteiger partial charge on any atom is -0.354 e. The first-order valence-electron chi connectivity index (χ1n) is 9.54. The molecule has 144 valence electrons. The predicted octanol–water partition coefficient (Wildman–Crippen LogP) is 4.10. The number of nitrogens with one attached hydrogen (secondary N) is 1. The fourth-order valence-corrected chi connectivity index (χ4v) is 3.02. The number of hydrogen-bond donors (Lipinski definition) is 1. The summed E-state index contributed by atoms with van der Waals surface area (Å²) in [6, 6.07) is 22.0. The van der Waals surface area contributed by atoms with Crippen LogP contribution in [0.1, 0.15) is 33.7 Å². The molecule has 0 spiro atoms. The van der Waals surface area contributed by atoms with Gasteiger partial charge in [0.25, 0.3) is 5.91 Å². The first-order chi connectivity index (χ1) is 13.6. The summed E-state index contributed by atoms with van der Waals surface area (Å²) in [6.45, 7) is 3.18. The zero-order chi connectivity index (χ0) is 19.8. The van der Waals surface area contributed by atoms with Crippen molar-refractivity contribution in [3.63, 3.8) is 0 Å². The number of carbonyl (C=O) groups is 1. The second-order valence-corrected chi connectivity index (χ2v) is 6.88. The number of aryl methyl sites for hydroxylation is 2. The maximum Gasteiger partial charge on any atom is 0.272 e. The molecule has 0 radical (unpaired) electrons. The predicted molar refractivity (Wildman–Crippen MR) is 112 cm³/mol. The van der Waals surface area contributed by atoms with Crippen molar-refractivity contribution in [3.8, 4) is 0 Å². The van der Waals surface area contributed by atoms with Gasteiger partial charge in [-0.2, -0.15) is 0 Å². The molecule has 1 N–H and O–H groups in total. The molecule has 3 rings (SSSR count). The van der Waals surface area contributed by atoms with Gasteiger partial charge in [-0.05, 0) is 37.0 Å². The van der Waals surface area contributed by atoms with Crippen LogP contribution in [0.15, 0.2) is 66.7 Å². The molecule has 5 heteroatoms. The monoisotopic (exact) mass is 374 g/mol. The van der Waals surface area contributed by atoms with E-state index in [4.69, 9.17) is 0 Å². The van der Waals surface area contributed by atoms with Crippen LogP contribution in [-0.2, 0) is 13.0 Å². The molecule has 1 heterocycles. The molecule has 2 aromatic carbocycles. The van der Waals surface area contributed by atoms with Crippen molar-refractivity contribution in [1.29, 1.82) is 0 Å². The molecule has 0 unspecified atom stereocenters. The zero-order valence-corrected chi connectivity index (χ0v) is 16.4. The summed E-state index contributed by atoms with van der Waals surface area (Å²) in [4.78, 5) is 23.3. The van der Waals surface area contributed by atoms with Crippen LogP contribution in [0, 0.1) is 6.92 Å². The van der Waals surface area contributed by atoms with E-state index in [-0.39, 0.29) is 5.91 Å². The topological polar surface area (TPSA) is 58.1 Å². The van der Waals surface area contributed by atoms with Crippen molar-refractivity contribution in [1.82, 2.24) is 14.9 Å². The van der Waals surface area contributed by atoms with E-state index in [1.807, 2.05) is 43.3 Å². The van der Waals surface area contributed by atoms with Crippen LogP contribution in [0.4, 0.5) is 5.95 Å². The molecular weight excluding hydrogens is 348 g/mol. The van der Waals surface area contributed by atoms with Gasteiger partial charge in [-0.1, -0.05) is 60.7 Å². The van der Waals surface area contributed by atoms with Gasteiger partial charge < -0.3 is 10.2 Å². The Morgan fingerprint density at radius 2 is 1.61 bits per heavy atom. The minimum absolute atomic E-state index is 0.110. The minimum atomic E-state index is -0.110. The molecule has 0 saturated carbocycles. The van der Waals surface area contributed by atoms with E-state index >= 15 is 0 Å². The molecule has 0 aliphatic rings. The van der Waals surface area contributed by atoms with Crippen LogP contribution in [0.25, 0.3) is 0 Å². The van der Waals surface area contributed by atoms with Gasteiger partial charge in [0.05, 0.1) is 0 Å². The van der Waals surface area contributed by atoms with Crippen molar-refractivity contribution in [2.45, 2.75) is 26.3 Å². The highest BCUT2D eigenvalue weighted by Gasteiger charge is 2.15. The van der Waals surface area contributed by atoms with Gasteiger partial charge in [-0.25, -0.2) is 9.97 Å². The normalized spacial score (nSPS) is 10.5. The average molecular weight is 374 g/mol. The maximum absolute atomic E-state index is 12.8. The Balaban J connectivity index is 1.58. The molecule has 0 saturated heterocycles. The number of carbonyl (C=O) groups excluding carboxylic acids is 1. The fourth-order valence-electron chi connectivity index (χ4n) is 3.02. The third-order valence-corrected chi connectivity index (χ3v) is 4.45. The highest BCUT2D eigenvalue weighted by atomic mass is 16.2. The molecule has 0 aliphatic heterocycles. The van der Waals surface area contributed by atoms with Crippen molar-refractivity contribution < 1.29 is 4.79 Å². The smallest absolute Gasteiger partial charge is 0.272 e. The summed E-state index contributed by atoms with van der Waals surface area (Å²) in [6.07, 6.45) is 1.96. The molecule has 0 fully saturated rings. The van der Waals surface area contributed by atoms with Crippen LogP contribution < -0.4 is 5.32 Å². The third-order valence-electron chi connectivity index (χ3n) is 4.45. The molecule has 28 heavy (non-hydrogen) atoms. The Kier molecular flexibility index (Phi) is 6.73. The van der Waals surface area contributed by atoms with E-state index < -0.39 is 0 Å². The number of amides is 1. The van der Waals surface area contributed by atoms with Gasteiger partial charge in [0.15, 0.2) is 0 Å². The molecular formula is C23H26N4O. The summed E-state index contributed by atoms with van der Waals surface area (Å²) >= 11 is 0. The number of hydrogen-bond acceptors (Lipinski definition) is 4. The lowest BCUT2D eigenvalue weighted by Gasteiger charge is -2.17. The quantitative estimate of drug-likeness (QED) is 0.603. The Labute approximate surface area is 166 Å². The molecule has 0 aliphatic carbocycles. The lowest BCUT2D eigenvalue weighted by atomic mass is 10.1. The Bertz CT molecular complexity index is 897. The van der Waals surface area contributed by atoms with Crippen molar-refractivity contribution >= 4 is 11.9 Å². The van der Waals surface area contributed by atoms with Gasteiger partial charge >= 0.3 is 0 Å². The summed E-state index contributed by atoms with van der Waals surface area (Å²) in [5.41, 5.74) is 3.59. The van der Waals surface area contributed by atoms with Crippen molar-refractivity contribution in [2.75, 3.05) is 18.9 Å². The SMILES string of the molecule is Cc1cc(C(=O)N(C)Cc2ccccc2)nc(NCCCc2ccccc2)n1. The van der Waals surface area contributed by atoms with E-state index in [2.05, 4.69) is 39.6 Å². The second kappa shape index (κ2) is 9.65. The highest BCUT2D eigenvalue weighted by molar-refractivity contribution is 5.92. The Morgan fingerprint density at radius 1 is 0.964 bits per heavy atom. The largest absolute Gasteiger partial charge is 0.354 e. The van der Waals surface area contributed by atoms with Crippen molar-refractivity contribution in [3.05, 3.63) is 89.2 Å². The second-order valence-electron chi connectivity index (χ2n) is 6.88. The van der Waals surface area contributed by atoms with Gasteiger partial charge in [0, 0.05) is 25.8 Å². The lowest BCUT2D eigenvalue weighted by Crippen LogP contribution is -2.27. The third kappa shape index (κ3) is 5.64. The van der Waals surface area contributed by atoms with Crippen LogP contribution in [0.2, 0.25) is 0 Å². The molecule has 1 amide bonds. The van der Waals surface area contributed by atoms with Crippen molar-refractivity contribution in [2.24, 2.45) is 0 Å². The number of anilines is 1. The van der Waals surface area contributed by atoms with E-state index in [9.17, 15) is 4.79 Å². The van der Waals surface area contributed by atoms with Crippen LogP contribution in [-0.4, -0.2) is 34.4 Å². The Hall–Kier alpha value is -3.21. The summed E-state index contributed by atoms with van der Waals surface area (Å²) in [7, 11) is 1.79. The first kappa shape index (κ1) is 19.5. The maximum atomic E-state index is 12.8. The molecule has 0 atom stereocenters. The Morgan fingerprint density at radius 3 is 2.29 bits per heavy atom. The van der Waals surface area contributed by atoms with Gasteiger partial charge in [0.2, 0.25) is 5.95 Å². The number of rotatable bonds is 8. The van der Waals surface area contributed by atoms with E-state index in [1.165, 1.54) is 5.56 Å². The number of aromatic nitrogens is 2. The van der Waals surface area contributed by atoms with Crippen LogP contribution >= 0.6 is 0 Å². The van der Waals surface area contributed by atoms with Crippen LogP contribution in [0.3, 0.4) is 0 Å². The van der Waals surface area contributed by atoms with Gasteiger partial charge in [-0.15, -0.1) is 0 Å². The van der Waals surface area contributed by atoms with Gasteiger partial charge in [-0.3, -0.25) is 4.79 Å². The van der Waals surface area contributed by atoms with E-state index in [0.717, 1.165) is 30.6 Å². The first-order valence-corrected chi connectivity index (χ1v) is 9.54. The van der Waals surface area contributed by atoms with E-state index in [0.29, 0.717) is 18.2 Å². The standard InChI is InChI=1S/C23H26N4O/c1-18-16-21(22(28)27(2)17-20-12-7-4-8-13-20)26-23(25-18)24-15-9-14-19-10-5-3-6-11-19/h3-8,10-13,16H,9,14-15,17H2,1-2H3,(H,24,25,26). The summed E-state index contributed by atoms with van der Waals surface area (Å²) in [5, 5.41) is 3.25. The molecule has 3 aromatic rings. The molecule has 5 nitrogen and oxygen atoms in total.